The molecule has 10 heteroatoms. The molecule has 3 aromatic rings. The number of carboxylic acids is 1. The maximum absolute atomic E-state index is 13.1. The highest BCUT2D eigenvalue weighted by Gasteiger charge is 2.33. The second-order valence-corrected chi connectivity index (χ2v) is 10.1. The molecule has 4 rings (SSSR count). The zero-order valence-corrected chi connectivity index (χ0v) is 20.6. The van der Waals surface area contributed by atoms with E-state index in [0.29, 0.717) is 22.0 Å². The highest BCUT2D eigenvalue weighted by molar-refractivity contribution is 7.21. The molecule has 0 spiro atoms. The molecule has 0 radical (unpaired) electrons. The average molecular weight is 507 g/mol. The summed E-state index contributed by atoms with van der Waals surface area (Å²) < 4.78 is 39.3. The van der Waals surface area contributed by atoms with E-state index in [1.807, 2.05) is 19.1 Å². The van der Waals surface area contributed by atoms with Crippen molar-refractivity contribution in [2.24, 2.45) is 0 Å². The molecule has 1 atom stereocenters. The van der Waals surface area contributed by atoms with Gasteiger partial charge >= 0.3 is 12.1 Å². The maximum atomic E-state index is 13.1. The predicted octanol–water partition coefficient (Wildman–Crippen LogP) is 5.53. The minimum absolute atomic E-state index is 0.00325. The quantitative estimate of drug-likeness (QED) is 0.434. The lowest BCUT2D eigenvalue weighted by molar-refractivity contribution is -0.141. The van der Waals surface area contributed by atoms with E-state index in [1.54, 1.807) is 0 Å². The van der Waals surface area contributed by atoms with Gasteiger partial charge in [-0.25, -0.2) is 9.97 Å². The van der Waals surface area contributed by atoms with Gasteiger partial charge in [-0.05, 0) is 36.6 Å². The Morgan fingerprint density at radius 3 is 2.66 bits per heavy atom. The number of piperazine rings is 1. The summed E-state index contributed by atoms with van der Waals surface area (Å²) >= 11 is 1.22. The van der Waals surface area contributed by atoms with E-state index < -0.39 is 17.8 Å². The third-order valence-electron chi connectivity index (χ3n) is 6.20. The van der Waals surface area contributed by atoms with Crippen molar-refractivity contribution >= 4 is 32.8 Å². The number of fused-ring (bicyclic) bond motifs is 1. The van der Waals surface area contributed by atoms with Gasteiger partial charge in [0.2, 0.25) is 0 Å². The molecule has 1 aromatic carbocycles. The summed E-state index contributed by atoms with van der Waals surface area (Å²) in [6.45, 7) is 7.14. The van der Waals surface area contributed by atoms with Gasteiger partial charge in [-0.1, -0.05) is 54.9 Å². The summed E-state index contributed by atoms with van der Waals surface area (Å²) in [5.41, 5.74) is 2.52. The van der Waals surface area contributed by atoms with Crippen LogP contribution in [0.5, 0.6) is 0 Å². The Balaban J connectivity index is 1.52. The number of hydrogen-bond donors (Lipinski definition) is 1. The fourth-order valence-corrected chi connectivity index (χ4v) is 5.70. The van der Waals surface area contributed by atoms with Crippen molar-refractivity contribution in [2.45, 2.75) is 58.3 Å². The average Bonchev–Trinajstić information content (AvgIpc) is 3.19. The molecule has 1 fully saturated rings. The molecule has 1 aliphatic rings. The van der Waals surface area contributed by atoms with Gasteiger partial charge in [-0.2, -0.15) is 13.2 Å². The number of carboxylic acid groups (broad SMARTS) is 1. The van der Waals surface area contributed by atoms with Crippen LogP contribution in [0.3, 0.4) is 0 Å². The number of halogens is 3. The Labute approximate surface area is 206 Å². The minimum atomic E-state index is -4.48. The van der Waals surface area contributed by atoms with Gasteiger partial charge < -0.3 is 10.0 Å². The summed E-state index contributed by atoms with van der Waals surface area (Å²) in [5, 5.41) is 9.87. The van der Waals surface area contributed by atoms with Gasteiger partial charge in [0.15, 0.2) is 5.13 Å². The van der Waals surface area contributed by atoms with Crippen molar-refractivity contribution in [1.29, 1.82) is 0 Å². The summed E-state index contributed by atoms with van der Waals surface area (Å²) in [6.07, 6.45) is -1.42. The number of pyridine rings is 1. The summed E-state index contributed by atoms with van der Waals surface area (Å²) in [4.78, 5) is 24.5. The van der Waals surface area contributed by atoms with Crippen molar-refractivity contribution in [3.63, 3.8) is 0 Å². The Morgan fingerprint density at radius 2 is 1.94 bits per heavy atom. The molecule has 1 aliphatic heterocycles. The highest BCUT2D eigenvalue weighted by Crippen LogP contribution is 2.34. The minimum Gasteiger partial charge on any atom is -0.481 e. The number of benzene rings is 1. The van der Waals surface area contributed by atoms with Gasteiger partial charge in [0.1, 0.15) is 16.0 Å². The number of aryl methyl sites for hydroxylation is 1. The van der Waals surface area contributed by atoms with E-state index in [9.17, 15) is 18.0 Å². The first-order valence-corrected chi connectivity index (χ1v) is 12.6. The Bertz CT molecular complexity index is 1200. The number of aromatic nitrogens is 2. The number of thiazole rings is 1. The Kier molecular flexibility index (Phi) is 7.61. The smallest absolute Gasteiger partial charge is 0.433 e. The maximum Gasteiger partial charge on any atom is 0.433 e. The van der Waals surface area contributed by atoms with Crippen LogP contribution in [0.4, 0.5) is 18.3 Å². The van der Waals surface area contributed by atoms with E-state index in [0.717, 1.165) is 61.7 Å². The van der Waals surface area contributed by atoms with Crippen LogP contribution >= 0.6 is 11.3 Å². The van der Waals surface area contributed by atoms with Gasteiger partial charge in [0.25, 0.3) is 0 Å². The molecular weight excluding hydrogens is 477 g/mol. The topological polar surface area (TPSA) is 69.6 Å². The molecule has 0 saturated carbocycles. The predicted molar refractivity (Wildman–Crippen MR) is 131 cm³/mol. The molecule has 3 heterocycles. The summed E-state index contributed by atoms with van der Waals surface area (Å²) in [6, 6.07) is 8.54. The molecule has 1 saturated heterocycles. The first kappa shape index (κ1) is 25.4. The molecule has 0 aliphatic carbocycles. The van der Waals surface area contributed by atoms with E-state index in [4.69, 9.17) is 5.11 Å². The van der Waals surface area contributed by atoms with Crippen molar-refractivity contribution in [2.75, 3.05) is 24.5 Å². The zero-order valence-electron chi connectivity index (χ0n) is 19.8. The van der Waals surface area contributed by atoms with Crippen LogP contribution in [0.25, 0.3) is 10.3 Å². The number of unbranched alkanes of at least 4 members (excludes halogenated alkanes) is 1. The van der Waals surface area contributed by atoms with Crippen molar-refractivity contribution in [3.8, 4) is 0 Å². The molecule has 0 amide bonds. The SMILES string of the molecule is CCCC[C@@H]1CN(Cc2cc(C)cc(CC(=O)O)c2)CCN1c1nc2ccc(C(F)(F)F)nc2s1. The number of alkyl halides is 3. The lowest BCUT2D eigenvalue weighted by Gasteiger charge is -2.41. The second kappa shape index (κ2) is 10.5. The first-order valence-electron chi connectivity index (χ1n) is 11.8. The third-order valence-corrected chi connectivity index (χ3v) is 7.20. The largest absolute Gasteiger partial charge is 0.481 e. The number of aliphatic carboxylic acids is 1. The van der Waals surface area contributed by atoms with Crippen LogP contribution in [0.2, 0.25) is 0 Å². The third kappa shape index (κ3) is 6.29. The van der Waals surface area contributed by atoms with E-state index in [1.165, 1.54) is 17.4 Å². The van der Waals surface area contributed by atoms with Crippen LogP contribution in [-0.4, -0.2) is 51.6 Å². The van der Waals surface area contributed by atoms with Crippen LogP contribution in [-0.2, 0) is 23.9 Å². The number of hydrogen-bond acceptors (Lipinski definition) is 6. The number of anilines is 1. The molecule has 2 aromatic heterocycles. The molecule has 1 N–H and O–H groups in total. The van der Waals surface area contributed by atoms with Crippen LogP contribution in [0.15, 0.2) is 30.3 Å². The van der Waals surface area contributed by atoms with Gasteiger partial charge in [-0.3, -0.25) is 9.69 Å². The van der Waals surface area contributed by atoms with Crippen LogP contribution < -0.4 is 4.90 Å². The van der Waals surface area contributed by atoms with Gasteiger partial charge in [0, 0.05) is 32.2 Å². The molecular formula is C25H29F3N4O2S. The molecule has 188 valence electrons. The summed E-state index contributed by atoms with van der Waals surface area (Å²) in [5.74, 6) is -0.845. The fourth-order valence-electron chi connectivity index (χ4n) is 4.66. The molecule has 6 nitrogen and oxygen atoms in total. The lowest BCUT2D eigenvalue weighted by atomic mass is 10.0. The lowest BCUT2D eigenvalue weighted by Crippen LogP contribution is -2.53. The van der Waals surface area contributed by atoms with Crippen LogP contribution in [0, 0.1) is 6.92 Å². The Morgan fingerprint density at radius 1 is 1.17 bits per heavy atom. The van der Waals surface area contributed by atoms with Crippen molar-refractivity contribution < 1.29 is 23.1 Å². The normalized spacial score (nSPS) is 17.3. The van der Waals surface area contributed by atoms with E-state index in [2.05, 4.69) is 32.8 Å². The Hall–Kier alpha value is -2.72. The molecule has 0 bridgehead atoms. The number of carbonyl (C=O) groups is 1. The fraction of sp³-hybridized carbons (Fsp3) is 0.480. The monoisotopic (exact) mass is 506 g/mol. The molecule has 0 unspecified atom stereocenters. The standard InChI is InChI=1S/C25H29F3N4O2S/c1-3-4-5-19-15-31(14-18-11-16(2)10-17(12-18)13-22(33)34)8-9-32(19)24-29-20-6-7-21(25(26,27)28)30-23(20)35-24/h6-7,10-12,19H,3-5,8-9,13-15H2,1-2H3,(H,33,34)/t19-/m1/s1. The highest BCUT2D eigenvalue weighted by atomic mass is 32.1. The first-order chi connectivity index (χ1) is 16.6. The van der Waals surface area contributed by atoms with Gasteiger partial charge in [-0.15, -0.1) is 0 Å². The van der Waals surface area contributed by atoms with E-state index >= 15 is 0 Å². The molecule has 35 heavy (non-hydrogen) atoms. The van der Waals surface area contributed by atoms with Crippen molar-refractivity contribution in [1.82, 2.24) is 14.9 Å². The van der Waals surface area contributed by atoms with Crippen molar-refractivity contribution in [3.05, 3.63) is 52.7 Å². The zero-order chi connectivity index (χ0) is 25.2. The summed E-state index contributed by atoms with van der Waals surface area (Å²) in [7, 11) is 0. The number of rotatable bonds is 8. The number of nitrogens with zero attached hydrogens (tertiary/aromatic N) is 4. The second-order valence-electron chi connectivity index (χ2n) is 9.14. The van der Waals surface area contributed by atoms with E-state index in [-0.39, 0.29) is 12.5 Å². The van der Waals surface area contributed by atoms with Gasteiger partial charge in [0.05, 0.1) is 6.42 Å². The van der Waals surface area contributed by atoms with Crippen LogP contribution in [0.1, 0.15) is 48.6 Å².